The molecule has 1 aliphatic rings. The maximum absolute atomic E-state index is 12.9. The van der Waals surface area contributed by atoms with E-state index in [4.69, 9.17) is 9.47 Å². The molecule has 1 aliphatic heterocycles. The van der Waals surface area contributed by atoms with E-state index in [1.165, 1.54) is 9.80 Å². The number of carbonyl (C=O) groups excluding carboxylic acids is 1. The maximum Gasteiger partial charge on any atom is 0.277 e. The van der Waals surface area contributed by atoms with E-state index in [1.807, 2.05) is 24.1 Å². The second-order valence-electron chi connectivity index (χ2n) is 7.49. The largest absolute Gasteiger partial charge is 0.497 e. The summed E-state index contributed by atoms with van der Waals surface area (Å²) in [6, 6.07) is 14.6. The molecule has 6 heteroatoms. The van der Waals surface area contributed by atoms with E-state index in [-0.39, 0.29) is 11.9 Å². The van der Waals surface area contributed by atoms with Gasteiger partial charge in [0, 0.05) is 31.3 Å². The Morgan fingerprint density at radius 1 is 1.17 bits per heavy atom. The molecule has 2 aromatic rings. The molecule has 1 heterocycles. The first-order valence-corrected chi connectivity index (χ1v) is 11.2. The smallest absolute Gasteiger partial charge is 0.277 e. The topological polar surface area (TPSA) is 43.2 Å². The van der Waals surface area contributed by atoms with Gasteiger partial charge in [-0.05, 0) is 42.2 Å². The van der Waals surface area contributed by atoms with E-state index in [9.17, 15) is 4.79 Å². The first-order valence-electron chi connectivity index (χ1n) is 9.99. The Hall–Kier alpha value is -2.18. The number of hydrogen-bond donors (Lipinski definition) is 1. The second kappa shape index (κ2) is 10.0. The van der Waals surface area contributed by atoms with Gasteiger partial charge >= 0.3 is 0 Å². The molecular weight excluding hydrogens is 384 g/mol. The molecule has 5 nitrogen and oxygen atoms in total. The molecule has 29 heavy (non-hydrogen) atoms. The van der Waals surface area contributed by atoms with Crippen LogP contribution in [-0.2, 0) is 11.3 Å². The van der Waals surface area contributed by atoms with E-state index in [1.54, 1.807) is 26.0 Å². The Bertz CT molecular complexity index is 825. The average molecular weight is 416 g/mol. The summed E-state index contributed by atoms with van der Waals surface area (Å²) in [4.78, 5) is 17.3. The minimum Gasteiger partial charge on any atom is -0.497 e. The third-order valence-corrected chi connectivity index (χ3v) is 6.42. The summed E-state index contributed by atoms with van der Waals surface area (Å²) in [5.74, 6) is 1.86. The van der Waals surface area contributed by atoms with Gasteiger partial charge < -0.3 is 19.3 Å². The number of thioether (sulfide) groups is 1. The van der Waals surface area contributed by atoms with E-state index >= 15 is 0 Å². The van der Waals surface area contributed by atoms with Gasteiger partial charge in [-0.15, -0.1) is 11.8 Å². The Balaban J connectivity index is 1.67. The minimum atomic E-state index is 0.169. The number of ether oxygens (including phenoxy) is 2. The lowest BCUT2D eigenvalue weighted by molar-refractivity contribution is -0.910. The van der Waals surface area contributed by atoms with E-state index < -0.39 is 0 Å². The van der Waals surface area contributed by atoms with Gasteiger partial charge in [-0.3, -0.25) is 4.79 Å². The predicted octanol–water partition coefficient (Wildman–Crippen LogP) is 2.80. The van der Waals surface area contributed by atoms with Crippen LogP contribution in [0.5, 0.6) is 11.5 Å². The van der Waals surface area contributed by atoms with Crippen LogP contribution >= 0.6 is 11.8 Å². The van der Waals surface area contributed by atoms with Crippen molar-refractivity contribution in [2.75, 3.05) is 40.6 Å². The zero-order valence-corrected chi connectivity index (χ0v) is 18.6. The van der Waals surface area contributed by atoms with Crippen LogP contribution in [0.25, 0.3) is 0 Å². The van der Waals surface area contributed by atoms with Crippen LogP contribution in [0.15, 0.2) is 47.4 Å². The van der Waals surface area contributed by atoms with Crippen molar-refractivity contribution < 1.29 is 19.2 Å². The van der Waals surface area contributed by atoms with Crippen molar-refractivity contribution in [2.45, 2.75) is 30.3 Å². The number of benzene rings is 2. The number of amides is 1. The molecule has 0 saturated carbocycles. The van der Waals surface area contributed by atoms with E-state index in [2.05, 4.69) is 36.6 Å². The quantitative estimate of drug-likeness (QED) is 0.674. The molecular formula is C23H31N2O3S+. The first-order chi connectivity index (χ1) is 14.0. The lowest BCUT2D eigenvalue weighted by atomic mass is 10.0. The van der Waals surface area contributed by atoms with Crippen LogP contribution in [0, 0.1) is 0 Å². The molecule has 156 valence electrons. The molecule has 1 saturated heterocycles. The molecule has 1 N–H and O–H groups in total. The summed E-state index contributed by atoms with van der Waals surface area (Å²) in [7, 11) is 5.26. The van der Waals surface area contributed by atoms with Crippen molar-refractivity contribution in [2.24, 2.45) is 0 Å². The molecule has 3 rings (SSSR count). The van der Waals surface area contributed by atoms with Crippen LogP contribution in [0.1, 0.15) is 30.0 Å². The highest BCUT2D eigenvalue weighted by molar-refractivity contribution is 7.98. The number of nitrogens with zero attached hydrogens (tertiary/aromatic N) is 1. The number of carbonyl (C=O) groups is 1. The van der Waals surface area contributed by atoms with Crippen molar-refractivity contribution in [3.05, 3.63) is 53.6 Å². The van der Waals surface area contributed by atoms with Crippen molar-refractivity contribution >= 4 is 17.7 Å². The maximum atomic E-state index is 12.9. The fraction of sp³-hybridized carbons (Fsp3) is 0.435. The van der Waals surface area contributed by atoms with Crippen LogP contribution in [-0.4, -0.2) is 51.4 Å². The summed E-state index contributed by atoms with van der Waals surface area (Å²) in [5.41, 5.74) is 2.28. The van der Waals surface area contributed by atoms with Crippen molar-refractivity contribution in [3.8, 4) is 11.5 Å². The van der Waals surface area contributed by atoms with Crippen LogP contribution in [0.2, 0.25) is 0 Å². The highest BCUT2D eigenvalue weighted by atomic mass is 32.2. The summed E-state index contributed by atoms with van der Waals surface area (Å²) < 4.78 is 11.0. The van der Waals surface area contributed by atoms with Crippen molar-refractivity contribution in [1.82, 2.24) is 4.90 Å². The number of rotatable bonds is 8. The Labute approximate surface area is 178 Å². The Kier molecular flexibility index (Phi) is 7.45. The number of quaternary nitrogens is 1. The van der Waals surface area contributed by atoms with Crippen LogP contribution in [0.4, 0.5) is 0 Å². The molecule has 2 aromatic carbocycles. The molecule has 0 spiro atoms. The summed E-state index contributed by atoms with van der Waals surface area (Å²) >= 11 is 1.72. The number of likely N-dealkylation sites (tertiary alicyclic amines) is 1. The predicted molar refractivity (Wildman–Crippen MR) is 117 cm³/mol. The molecule has 0 aliphatic carbocycles. The van der Waals surface area contributed by atoms with Crippen molar-refractivity contribution in [1.29, 1.82) is 0 Å². The van der Waals surface area contributed by atoms with E-state index in [0.717, 1.165) is 42.0 Å². The molecule has 0 radical (unpaired) electrons. The van der Waals surface area contributed by atoms with E-state index in [0.29, 0.717) is 13.1 Å². The molecule has 2 atom stereocenters. The molecule has 1 fully saturated rings. The van der Waals surface area contributed by atoms with Gasteiger partial charge in [0.25, 0.3) is 5.91 Å². The summed E-state index contributed by atoms with van der Waals surface area (Å²) in [5, 5.41) is 0. The number of nitrogens with one attached hydrogen (secondary N) is 1. The minimum absolute atomic E-state index is 0.169. The van der Waals surface area contributed by atoms with Crippen LogP contribution < -0.4 is 14.4 Å². The Morgan fingerprint density at radius 2 is 1.93 bits per heavy atom. The van der Waals surface area contributed by atoms with Crippen molar-refractivity contribution in [3.63, 3.8) is 0 Å². The fourth-order valence-electron chi connectivity index (χ4n) is 4.03. The third kappa shape index (κ3) is 5.25. The first kappa shape index (κ1) is 21.5. The van der Waals surface area contributed by atoms with Gasteiger partial charge in [0.2, 0.25) is 0 Å². The summed E-state index contributed by atoms with van der Waals surface area (Å²) in [6.07, 6.45) is 4.22. The normalized spacial score (nSPS) is 18.5. The van der Waals surface area contributed by atoms with Gasteiger partial charge in [-0.2, -0.15) is 0 Å². The standard InChI is InChI=1S/C23H30N2O3S/c1-24(15-17-7-10-19(29-4)11-8-17)23(26)16-25-13-5-6-21(25)20-14-18(27-2)9-12-22(20)28-3/h7-12,14,21H,5-6,13,15-16H2,1-4H3/p+1/t21-/m0/s1. The highest BCUT2D eigenvalue weighted by Crippen LogP contribution is 2.31. The zero-order valence-electron chi connectivity index (χ0n) is 17.7. The monoisotopic (exact) mass is 415 g/mol. The van der Waals surface area contributed by atoms with Crippen LogP contribution in [0.3, 0.4) is 0 Å². The second-order valence-corrected chi connectivity index (χ2v) is 8.37. The van der Waals surface area contributed by atoms with Gasteiger partial charge in [-0.25, -0.2) is 0 Å². The van der Waals surface area contributed by atoms with Gasteiger partial charge in [0.15, 0.2) is 6.54 Å². The lowest BCUT2D eigenvalue weighted by Crippen LogP contribution is -3.11. The Morgan fingerprint density at radius 3 is 2.59 bits per heavy atom. The lowest BCUT2D eigenvalue weighted by Gasteiger charge is -2.25. The SMILES string of the molecule is COc1ccc(OC)c([C@@H]2CCC[NH+]2CC(=O)N(C)Cc2ccc(SC)cc2)c1. The number of methoxy groups -OCH3 is 2. The molecule has 0 aromatic heterocycles. The zero-order chi connectivity index (χ0) is 20.8. The highest BCUT2D eigenvalue weighted by Gasteiger charge is 2.34. The molecule has 0 bridgehead atoms. The number of likely N-dealkylation sites (N-methyl/N-ethyl adjacent to an activating group) is 1. The van der Waals surface area contributed by atoms with Gasteiger partial charge in [-0.1, -0.05) is 12.1 Å². The summed E-state index contributed by atoms with van der Waals surface area (Å²) in [6.45, 7) is 2.12. The van der Waals surface area contributed by atoms with Gasteiger partial charge in [0.1, 0.15) is 17.5 Å². The number of hydrogen-bond acceptors (Lipinski definition) is 4. The molecule has 1 amide bonds. The fourth-order valence-corrected chi connectivity index (χ4v) is 4.44. The average Bonchev–Trinajstić information content (AvgIpc) is 3.21. The van der Waals surface area contributed by atoms with Gasteiger partial charge in [0.05, 0.1) is 26.3 Å². The third-order valence-electron chi connectivity index (χ3n) is 5.68. The molecule has 1 unspecified atom stereocenters.